The third-order valence-electron chi connectivity index (χ3n) is 2.11. The van der Waals surface area contributed by atoms with E-state index in [0.29, 0.717) is 19.4 Å². The van der Waals surface area contributed by atoms with Crippen molar-refractivity contribution in [2.75, 3.05) is 6.54 Å². The number of thiazole rings is 1. The van der Waals surface area contributed by atoms with E-state index in [1.807, 2.05) is 24.3 Å². The molecule has 2 N–H and O–H groups in total. The van der Waals surface area contributed by atoms with Gasteiger partial charge in [0.25, 0.3) is 0 Å². The second kappa shape index (κ2) is 4.51. The summed E-state index contributed by atoms with van der Waals surface area (Å²) in [4.78, 5) is 15.8. The lowest BCUT2D eigenvalue weighted by molar-refractivity contribution is -0.118. The highest BCUT2D eigenvalue weighted by molar-refractivity contribution is 7.18. The summed E-state index contributed by atoms with van der Waals surface area (Å²) in [5.74, 6) is 0.163. The predicted molar refractivity (Wildman–Crippen MR) is 62.0 cm³/mol. The smallest absolute Gasteiger partial charge is 0.140 e. The average molecular weight is 220 g/mol. The molecule has 0 spiro atoms. The Morgan fingerprint density at radius 3 is 2.93 bits per heavy atom. The predicted octanol–water partition coefficient (Wildman–Crippen LogP) is 1.76. The Kier molecular flexibility index (Phi) is 3.08. The summed E-state index contributed by atoms with van der Waals surface area (Å²) in [6.07, 6.45) is 0.854. The fourth-order valence-electron chi connectivity index (χ4n) is 1.41. The first kappa shape index (κ1) is 10.3. The third kappa shape index (κ3) is 2.40. The first-order valence-electron chi connectivity index (χ1n) is 4.86. The number of fused-ring (bicyclic) bond motifs is 1. The zero-order valence-corrected chi connectivity index (χ0v) is 9.09. The molecular weight excluding hydrogens is 208 g/mol. The Morgan fingerprint density at radius 2 is 2.20 bits per heavy atom. The molecule has 0 saturated heterocycles. The average Bonchev–Trinajstić information content (AvgIpc) is 2.59. The Labute approximate surface area is 91.9 Å². The summed E-state index contributed by atoms with van der Waals surface area (Å²) >= 11 is 1.58. The highest BCUT2D eigenvalue weighted by Gasteiger charge is 2.07. The number of ketones is 1. The molecule has 1 aromatic heterocycles. The maximum absolute atomic E-state index is 11.4. The molecule has 15 heavy (non-hydrogen) atoms. The summed E-state index contributed by atoms with van der Waals surface area (Å²) in [7, 11) is 0. The molecule has 0 fully saturated rings. The van der Waals surface area contributed by atoms with Gasteiger partial charge in [0, 0.05) is 6.42 Å². The maximum Gasteiger partial charge on any atom is 0.140 e. The van der Waals surface area contributed by atoms with Gasteiger partial charge in [0.05, 0.1) is 16.6 Å². The van der Waals surface area contributed by atoms with Gasteiger partial charge in [-0.1, -0.05) is 12.1 Å². The van der Waals surface area contributed by atoms with Crippen molar-refractivity contribution >= 4 is 27.3 Å². The molecule has 78 valence electrons. The number of Topliss-reactive ketones (excluding diaryl/α,β-unsaturated/α-hetero) is 1. The first-order valence-corrected chi connectivity index (χ1v) is 5.67. The summed E-state index contributed by atoms with van der Waals surface area (Å²) in [6, 6.07) is 7.91. The highest BCUT2D eigenvalue weighted by atomic mass is 32.1. The quantitative estimate of drug-likeness (QED) is 0.854. The number of benzene rings is 1. The van der Waals surface area contributed by atoms with E-state index < -0.39 is 0 Å². The minimum Gasteiger partial charge on any atom is -0.330 e. The number of nitrogens with two attached hydrogens (primary N) is 1. The number of hydrogen-bond acceptors (Lipinski definition) is 4. The number of nitrogens with zero attached hydrogens (tertiary/aromatic N) is 1. The van der Waals surface area contributed by atoms with Gasteiger partial charge in [0.2, 0.25) is 0 Å². The van der Waals surface area contributed by atoms with E-state index in [1.165, 1.54) is 0 Å². The van der Waals surface area contributed by atoms with Crippen LogP contribution in [0.3, 0.4) is 0 Å². The highest BCUT2D eigenvalue weighted by Crippen LogP contribution is 2.21. The van der Waals surface area contributed by atoms with Crippen molar-refractivity contribution in [2.45, 2.75) is 12.8 Å². The summed E-state index contributed by atoms with van der Waals surface area (Å²) in [5, 5.41) is 0.884. The van der Waals surface area contributed by atoms with Crippen molar-refractivity contribution in [3.63, 3.8) is 0 Å². The second-order valence-electron chi connectivity index (χ2n) is 3.33. The van der Waals surface area contributed by atoms with Gasteiger partial charge in [0.1, 0.15) is 10.8 Å². The van der Waals surface area contributed by atoms with Gasteiger partial charge in [0.15, 0.2) is 0 Å². The van der Waals surface area contributed by atoms with Crippen LogP contribution >= 0.6 is 11.3 Å². The van der Waals surface area contributed by atoms with E-state index >= 15 is 0 Å². The zero-order chi connectivity index (χ0) is 10.7. The molecule has 0 aliphatic heterocycles. The van der Waals surface area contributed by atoms with Crippen LogP contribution in [-0.4, -0.2) is 17.3 Å². The Morgan fingerprint density at radius 1 is 1.40 bits per heavy atom. The minimum absolute atomic E-state index is 0.163. The standard InChI is InChI=1S/C11H12N2OS/c12-6-5-8(14)7-11-13-9-3-1-2-4-10(9)15-11/h1-4H,5-7,12H2. The van der Waals surface area contributed by atoms with Gasteiger partial charge in [-0.3, -0.25) is 4.79 Å². The monoisotopic (exact) mass is 220 g/mol. The van der Waals surface area contributed by atoms with Crippen LogP contribution in [0.25, 0.3) is 10.2 Å². The van der Waals surface area contributed by atoms with Crippen LogP contribution in [0.5, 0.6) is 0 Å². The van der Waals surface area contributed by atoms with E-state index in [4.69, 9.17) is 5.73 Å². The van der Waals surface area contributed by atoms with Gasteiger partial charge in [-0.25, -0.2) is 4.98 Å². The molecule has 1 aromatic carbocycles. The second-order valence-corrected chi connectivity index (χ2v) is 4.44. The van der Waals surface area contributed by atoms with Crippen LogP contribution < -0.4 is 5.73 Å². The molecule has 2 aromatic rings. The molecule has 4 heteroatoms. The van der Waals surface area contributed by atoms with E-state index in [9.17, 15) is 4.79 Å². The molecule has 0 amide bonds. The SMILES string of the molecule is NCCC(=O)Cc1nc2ccccc2s1. The number of carbonyl (C=O) groups excluding carboxylic acids is 1. The summed E-state index contributed by atoms with van der Waals surface area (Å²) in [6.45, 7) is 0.420. The van der Waals surface area contributed by atoms with Gasteiger partial charge in [-0.05, 0) is 18.7 Å². The largest absolute Gasteiger partial charge is 0.330 e. The molecule has 1 heterocycles. The van der Waals surface area contributed by atoms with Crippen molar-refractivity contribution in [2.24, 2.45) is 5.73 Å². The molecular formula is C11H12N2OS. The fourth-order valence-corrected chi connectivity index (χ4v) is 2.41. The van der Waals surface area contributed by atoms with Crippen LogP contribution in [0.2, 0.25) is 0 Å². The fraction of sp³-hybridized carbons (Fsp3) is 0.273. The van der Waals surface area contributed by atoms with Crippen LogP contribution in [-0.2, 0) is 11.2 Å². The van der Waals surface area contributed by atoms with Crippen LogP contribution in [0.1, 0.15) is 11.4 Å². The third-order valence-corrected chi connectivity index (χ3v) is 3.15. The molecule has 0 saturated carbocycles. The lowest BCUT2D eigenvalue weighted by Crippen LogP contribution is -2.09. The number of para-hydroxylation sites is 1. The number of rotatable bonds is 4. The van der Waals surface area contributed by atoms with Crippen molar-refractivity contribution in [1.29, 1.82) is 0 Å². The maximum atomic E-state index is 11.4. The molecule has 0 atom stereocenters. The first-order chi connectivity index (χ1) is 7.29. The van der Waals surface area contributed by atoms with Crippen molar-refractivity contribution in [1.82, 2.24) is 4.98 Å². The summed E-state index contributed by atoms with van der Waals surface area (Å²) < 4.78 is 1.13. The Balaban J connectivity index is 2.18. The Bertz CT molecular complexity index is 445. The van der Waals surface area contributed by atoms with E-state index in [-0.39, 0.29) is 5.78 Å². The molecule has 0 unspecified atom stereocenters. The van der Waals surface area contributed by atoms with E-state index in [1.54, 1.807) is 11.3 Å². The Hall–Kier alpha value is -1.26. The molecule has 3 nitrogen and oxygen atoms in total. The van der Waals surface area contributed by atoms with Crippen LogP contribution in [0.4, 0.5) is 0 Å². The molecule has 0 aliphatic rings. The van der Waals surface area contributed by atoms with Gasteiger partial charge in [-0.2, -0.15) is 0 Å². The van der Waals surface area contributed by atoms with Crippen molar-refractivity contribution in [3.8, 4) is 0 Å². The van der Waals surface area contributed by atoms with Gasteiger partial charge >= 0.3 is 0 Å². The molecule has 0 radical (unpaired) electrons. The van der Waals surface area contributed by atoms with Crippen molar-refractivity contribution in [3.05, 3.63) is 29.3 Å². The van der Waals surface area contributed by atoms with Gasteiger partial charge < -0.3 is 5.73 Å². The summed E-state index contributed by atoms with van der Waals surface area (Å²) in [5.41, 5.74) is 6.29. The molecule has 0 bridgehead atoms. The number of hydrogen-bond donors (Lipinski definition) is 1. The van der Waals surface area contributed by atoms with E-state index in [2.05, 4.69) is 4.98 Å². The topological polar surface area (TPSA) is 56.0 Å². The van der Waals surface area contributed by atoms with Crippen LogP contribution in [0.15, 0.2) is 24.3 Å². The van der Waals surface area contributed by atoms with E-state index in [0.717, 1.165) is 15.2 Å². The normalized spacial score (nSPS) is 10.7. The zero-order valence-electron chi connectivity index (χ0n) is 8.27. The number of aromatic nitrogens is 1. The lowest BCUT2D eigenvalue weighted by Gasteiger charge is -1.93. The molecule has 0 aliphatic carbocycles. The molecule has 2 rings (SSSR count). The van der Waals surface area contributed by atoms with Crippen molar-refractivity contribution < 1.29 is 4.79 Å². The minimum atomic E-state index is 0.163. The lowest BCUT2D eigenvalue weighted by atomic mass is 10.2. The number of carbonyl (C=O) groups is 1. The van der Waals surface area contributed by atoms with Crippen LogP contribution in [0, 0.1) is 0 Å². The van der Waals surface area contributed by atoms with Gasteiger partial charge in [-0.15, -0.1) is 11.3 Å².